The zero-order valence-corrected chi connectivity index (χ0v) is 13.8. The van der Waals surface area contributed by atoms with Crippen molar-refractivity contribution >= 4 is 0 Å². The van der Waals surface area contributed by atoms with Crippen LogP contribution in [0.1, 0.15) is 22.3 Å². The summed E-state index contributed by atoms with van der Waals surface area (Å²) in [5.74, 6) is 0. The Morgan fingerprint density at radius 2 is 1.00 bits per heavy atom. The monoisotopic (exact) mass is 286 g/mol. The summed E-state index contributed by atoms with van der Waals surface area (Å²) in [4.78, 5) is 0. The molecule has 0 heteroatoms. The average Bonchev–Trinajstić information content (AvgIpc) is 2.46. The molecule has 0 saturated carbocycles. The predicted octanol–water partition coefficient (Wildman–Crippen LogP) is 6.25. The van der Waals surface area contributed by atoms with E-state index in [4.69, 9.17) is 0 Å². The fourth-order valence-corrected chi connectivity index (χ4v) is 3.14. The van der Waals surface area contributed by atoms with Crippen molar-refractivity contribution in [1.82, 2.24) is 0 Å². The zero-order valence-electron chi connectivity index (χ0n) is 13.8. The van der Waals surface area contributed by atoms with Gasteiger partial charge >= 0.3 is 0 Å². The third-order valence-corrected chi connectivity index (χ3v) is 4.09. The van der Waals surface area contributed by atoms with E-state index < -0.39 is 0 Å². The summed E-state index contributed by atoms with van der Waals surface area (Å²) in [5.41, 5.74) is 10.5. The maximum absolute atomic E-state index is 2.31. The fourth-order valence-electron chi connectivity index (χ4n) is 3.14. The van der Waals surface area contributed by atoms with Crippen LogP contribution in [0.2, 0.25) is 0 Å². The van der Waals surface area contributed by atoms with E-state index in [-0.39, 0.29) is 0 Å². The van der Waals surface area contributed by atoms with Gasteiger partial charge in [-0.05, 0) is 67.1 Å². The van der Waals surface area contributed by atoms with Crippen molar-refractivity contribution in [3.63, 3.8) is 0 Å². The quantitative estimate of drug-likeness (QED) is 0.522. The number of hydrogen-bond donors (Lipinski definition) is 0. The van der Waals surface area contributed by atoms with Crippen molar-refractivity contribution in [3.8, 4) is 22.3 Å². The first-order valence-corrected chi connectivity index (χ1v) is 7.79. The SMILES string of the molecule is Cc1cc(C)cc(-c2cc(C)cc(-c3ccccc3C)c2)c1. The zero-order chi connectivity index (χ0) is 15.7. The van der Waals surface area contributed by atoms with Crippen LogP contribution in [0.4, 0.5) is 0 Å². The average molecular weight is 286 g/mol. The molecule has 0 heterocycles. The molecule has 22 heavy (non-hydrogen) atoms. The van der Waals surface area contributed by atoms with Crippen LogP contribution >= 0.6 is 0 Å². The molecule has 0 amide bonds. The first-order valence-electron chi connectivity index (χ1n) is 7.79. The Balaban J connectivity index is 2.17. The molecule has 0 aliphatic carbocycles. The summed E-state index contributed by atoms with van der Waals surface area (Å²) < 4.78 is 0. The highest BCUT2D eigenvalue weighted by atomic mass is 14.1. The van der Waals surface area contributed by atoms with E-state index >= 15 is 0 Å². The van der Waals surface area contributed by atoms with Crippen LogP contribution < -0.4 is 0 Å². The lowest BCUT2D eigenvalue weighted by atomic mass is 9.93. The molecule has 0 aromatic heterocycles. The highest BCUT2D eigenvalue weighted by Gasteiger charge is 2.06. The van der Waals surface area contributed by atoms with E-state index in [1.54, 1.807) is 0 Å². The van der Waals surface area contributed by atoms with Gasteiger partial charge in [0.1, 0.15) is 0 Å². The summed E-state index contributed by atoms with van der Waals surface area (Å²) in [6.07, 6.45) is 0. The topological polar surface area (TPSA) is 0 Å². The van der Waals surface area contributed by atoms with E-state index in [9.17, 15) is 0 Å². The van der Waals surface area contributed by atoms with Gasteiger partial charge in [0.25, 0.3) is 0 Å². The van der Waals surface area contributed by atoms with Crippen molar-refractivity contribution in [3.05, 3.63) is 82.9 Å². The van der Waals surface area contributed by atoms with Crippen LogP contribution in [0.3, 0.4) is 0 Å². The number of aryl methyl sites for hydroxylation is 4. The maximum atomic E-state index is 2.31. The minimum Gasteiger partial charge on any atom is -0.0620 e. The van der Waals surface area contributed by atoms with Crippen LogP contribution in [-0.2, 0) is 0 Å². The van der Waals surface area contributed by atoms with Crippen molar-refractivity contribution in [2.24, 2.45) is 0 Å². The molecule has 0 atom stereocenters. The van der Waals surface area contributed by atoms with Gasteiger partial charge in [0.05, 0.1) is 0 Å². The highest BCUT2D eigenvalue weighted by molar-refractivity contribution is 5.76. The number of hydrogen-bond acceptors (Lipinski definition) is 0. The van der Waals surface area contributed by atoms with E-state index in [1.807, 2.05) is 0 Å². The van der Waals surface area contributed by atoms with Gasteiger partial charge in [0, 0.05) is 0 Å². The second-order valence-electron chi connectivity index (χ2n) is 6.28. The molecule has 3 rings (SSSR count). The molecule has 0 saturated heterocycles. The molecule has 0 aliphatic heterocycles. The Bertz CT molecular complexity index is 805. The van der Waals surface area contributed by atoms with Gasteiger partial charge in [0.15, 0.2) is 0 Å². The summed E-state index contributed by atoms with van der Waals surface area (Å²) in [7, 11) is 0. The molecule has 0 radical (unpaired) electrons. The third-order valence-electron chi connectivity index (χ3n) is 4.09. The molecular weight excluding hydrogens is 264 g/mol. The lowest BCUT2D eigenvalue weighted by Crippen LogP contribution is -1.88. The predicted molar refractivity (Wildman–Crippen MR) is 96.3 cm³/mol. The molecule has 0 aliphatic rings. The molecule has 0 unspecified atom stereocenters. The Morgan fingerprint density at radius 1 is 0.500 bits per heavy atom. The minimum absolute atomic E-state index is 1.30. The van der Waals surface area contributed by atoms with E-state index in [2.05, 4.69) is 88.4 Å². The smallest absolute Gasteiger partial charge is 0.0154 e. The highest BCUT2D eigenvalue weighted by Crippen LogP contribution is 2.30. The maximum Gasteiger partial charge on any atom is -0.0154 e. The van der Waals surface area contributed by atoms with Crippen LogP contribution in [0.15, 0.2) is 60.7 Å². The van der Waals surface area contributed by atoms with Crippen LogP contribution in [0, 0.1) is 27.7 Å². The lowest BCUT2D eigenvalue weighted by molar-refractivity contribution is 1.37. The second-order valence-corrected chi connectivity index (χ2v) is 6.28. The van der Waals surface area contributed by atoms with E-state index in [0.29, 0.717) is 0 Å². The number of rotatable bonds is 2. The summed E-state index contributed by atoms with van der Waals surface area (Å²) >= 11 is 0. The fraction of sp³-hybridized carbons (Fsp3) is 0.182. The molecule has 110 valence electrons. The Hall–Kier alpha value is -2.34. The molecule has 0 fully saturated rings. The molecule has 0 N–H and O–H groups in total. The minimum atomic E-state index is 1.30. The first-order chi connectivity index (χ1) is 10.5. The molecule has 0 nitrogen and oxygen atoms in total. The van der Waals surface area contributed by atoms with Crippen LogP contribution in [-0.4, -0.2) is 0 Å². The van der Waals surface area contributed by atoms with Crippen LogP contribution in [0.25, 0.3) is 22.3 Å². The van der Waals surface area contributed by atoms with E-state index in [0.717, 1.165) is 0 Å². The van der Waals surface area contributed by atoms with Gasteiger partial charge in [0.2, 0.25) is 0 Å². The Kier molecular flexibility index (Phi) is 3.85. The number of benzene rings is 3. The van der Waals surface area contributed by atoms with Gasteiger partial charge in [-0.1, -0.05) is 65.7 Å². The van der Waals surface area contributed by atoms with Gasteiger partial charge in [-0.2, -0.15) is 0 Å². The van der Waals surface area contributed by atoms with Crippen molar-refractivity contribution in [2.75, 3.05) is 0 Å². The summed E-state index contributed by atoms with van der Waals surface area (Å²) in [5, 5.41) is 0. The summed E-state index contributed by atoms with van der Waals surface area (Å²) in [6, 6.07) is 22.2. The Labute approximate surface area is 133 Å². The van der Waals surface area contributed by atoms with Gasteiger partial charge in [-0.15, -0.1) is 0 Å². The molecule has 3 aromatic carbocycles. The molecule has 3 aromatic rings. The second kappa shape index (κ2) is 5.81. The molecular formula is C22H22. The van der Waals surface area contributed by atoms with Crippen LogP contribution in [0.5, 0.6) is 0 Å². The van der Waals surface area contributed by atoms with Crippen molar-refractivity contribution in [2.45, 2.75) is 27.7 Å². The molecule has 0 spiro atoms. The normalized spacial score (nSPS) is 10.7. The van der Waals surface area contributed by atoms with Gasteiger partial charge in [-0.3, -0.25) is 0 Å². The Morgan fingerprint density at radius 3 is 1.64 bits per heavy atom. The summed E-state index contributed by atoms with van der Waals surface area (Å²) in [6.45, 7) is 8.67. The lowest BCUT2D eigenvalue weighted by Gasteiger charge is -2.11. The standard InChI is InChI=1S/C22H22/c1-15-9-16(2)11-19(10-15)20-12-17(3)13-21(14-20)22-8-6-5-7-18(22)4/h5-14H,1-4H3. The van der Waals surface area contributed by atoms with Gasteiger partial charge < -0.3 is 0 Å². The first kappa shape index (κ1) is 14.6. The van der Waals surface area contributed by atoms with Crippen molar-refractivity contribution < 1.29 is 0 Å². The largest absolute Gasteiger partial charge is 0.0620 e. The van der Waals surface area contributed by atoms with E-state index in [1.165, 1.54) is 44.5 Å². The van der Waals surface area contributed by atoms with Gasteiger partial charge in [-0.25, -0.2) is 0 Å². The third kappa shape index (κ3) is 2.96. The molecule has 0 bridgehead atoms. The van der Waals surface area contributed by atoms with Crippen molar-refractivity contribution in [1.29, 1.82) is 0 Å².